The third-order valence-electron chi connectivity index (χ3n) is 2.47. The highest BCUT2D eigenvalue weighted by Gasteiger charge is 2.08. The van der Waals surface area contributed by atoms with Crippen LogP contribution in [0.15, 0.2) is 29.0 Å². The van der Waals surface area contributed by atoms with Gasteiger partial charge in [0.25, 0.3) is 0 Å². The van der Waals surface area contributed by atoms with Crippen LogP contribution in [0.5, 0.6) is 5.75 Å². The van der Waals surface area contributed by atoms with E-state index >= 15 is 0 Å². The Morgan fingerprint density at radius 2 is 2.29 bits per heavy atom. The Balaban J connectivity index is 2.19. The summed E-state index contributed by atoms with van der Waals surface area (Å²) in [5.74, 6) is 1.72. The number of imidazole rings is 1. The molecule has 0 aliphatic carbocycles. The van der Waals surface area contributed by atoms with Crippen LogP contribution in [0.3, 0.4) is 0 Å². The zero-order valence-electron chi connectivity index (χ0n) is 9.75. The molecular weight excluding hydrogens is 282 g/mol. The first kappa shape index (κ1) is 12.0. The molecule has 0 amide bonds. The normalized spacial score (nSPS) is 10.3. The first-order chi connectivity index (χ1) is 8.20. The number of hydrogen-bond donors (Lipinski definition) is 2. The van der Waals surface area contributed by atoms with Gasteiger partial charge in [-0.1, -0.05) is 15.9 Å². The largest absolute Gasteiger partial charge is 0.495 e. The molecule has 17 heavy (non-hydrogen) atoms. The minimum absolute atomic E-state index is 0.645. The quantitative estimate of drug-likeness (QED) is 0.911. The molecule has 1 aromatic heterocycles. The molecule has 0 saturated heterocycles. The van der Waals surface area contributed by atoms with Crippen molar-refractivity contribution in [3.8, 4) is 5.75 Å². The monoisotopic (exact) mass is 295 g/mol. The first-order valence-corrected chi connectivity index (χ1v) is 6.06. The van der Waals surface area contributed by atoms with E-state index in [1.165, 1.54) is 0 Å². The molecule has 0 aliphatic heterocycles. The highest BCUT2D eigenvalue weighted by Crippen LogP contribution is 2.32. The molecule has 90 valence electrons. The van der Waals surface area contributed by atoms with Gasteiger partial charge in [0.05, 0.1) is 19.3 Å². The lowest BCUT2D eigenvalue weighted by Crippen LogP contribution is -2.04. The number of nitrogens with zero attached hydrogens (tertiary/aromatic N) is 1. The lowest BCUT2D eigenvalue weighted by Gasteiger charge is -2.13. The van der Waals surface area contributed by atoms with E-state index in [1.54, 1.807) is 13.3 Å². The van der Waals surface area contributed by atoms with Gasteiger partial charge < -0.3 is 15.0 Å². The van der Waals surface area contributed by atoms with Gasteiger partial charge >= 0.3 is 0 Å². The number of H-pyrrole nitrogens is 1. The van der Waals surface area contributed by atoms with Crippen LogP contribution in [-0.2, 0) is 6.54 Å². The fourth-order valence-electron chi connectivity index (χ4n) is 1.67. The first-order valence-electron chi connectivity index (χ1n) is 5.27. The second-order valence-electron chi connectivity index (χ2n) is 3.69. The molecule has 0 spiro atoms. The van der Waals surface area contributed by atoms with Gasteiger partial charge in [-0.15, -0.1) is 0 Å². The summed E-state index contributed by atoms with van der Waals surface area (Å²) < 4.78 is 6.36. The van der Waals surface area contributed by atoms with E-state index in [4.69, 9.17) is 4.74 Å². The molecular formula is C12H14BrN3O. The average molecular weight is 296 g/mol. The number of anilines is 1. The van der Waals surface area contributed by atoms with Gasteiger partial charge in [0.15, 0.2) is 0 Å². The highest BCUT2D eigenvalue weighted by atomic mass is 79.9. The molecule has 0 aliphatic rings. The number of aromatic amines is 1. The van der Waals surface area contributed by atoms with Gasteiger partial charge in [0, 0.05) is 16.9 Å². The van der Waals surface area contributed by atoms with Gasteiger partial charge in [-0.05, 0) is 24.6 Å². The molecule has 0 unspecified atom stereocenters. The average Bonchev–Trinajstić information content (AvgIpc) is 2.79. The van der Waals surface area contributed by atoms with Gasteiger partial charge in [-0.3, -0.25) is 0 Å². The van der Waals surface area contributed by atoms with Crippen molar-refractivity contribution in [2.45, 2.75) is 13.5 Å². The van der Waals surface area contributed by atoms with Crippen molar-refractivity contribution in [1.82, 2.24) is 9.97 Å². The Bertz CT molecular complexity index is 497. The van der Waals surface area contributed by atoms with Gasteiger partial charge in [0.2, 0.25) is 0 Å². The molecule has 2 aromatic rings. The van der Waals surface area contributed by atoms with Crippen molar-refractivity contribution < 1.29 is 4.74 Å². The Labute approximate surface area is 109 Å². The summed E-state index contributed by atoms with van der Waals surface area (Å²) in [7, 11) is 1.67. The number of benzene rings is 1. The van der Waals surface area contributed by atoms with Crippen molar-refractivity contribution in [2.24, 2.45) is 0 Å². The summed E-state index contributed by atoms with van der Waals surface area (Å²) in [6, 6.07) is 3.99. The van der Waals surface area contributed by atoms with Crippen molar-refractivity contribution >= 4 is 21.6 Å². The summed E-state index contributed by atoms with van der Waals surface area (Å²) in [6.07, 6.45) is 3.55. The number of halogens is 1. The van der Waals surface area contributed by atoms with Crippen LogP contribution in [-0.4, -0.2) is 17.1 Å². The lowest BCUT2D eigenvalue weighted by molar-refractivity contribution is 0.416. The molecule has 4 nitrogen and oxygen atoms in total. The maximum atomic E-state index is 5.35. The van der Waals surface area contributed by atoms with E-state index < -0.39 is 0 Å². The molecule has 0 bridgehead atoms. The van der Waals surface area contributed by atoms with Crippen LogP contribution in [0.25, 0.3) is 0 Å². The summed E-state index contributed by atoms with van der Waals surface area (Å²) in [5.41, 5.74) is 2.12. The maximum Gasteiger partial charge on any atom is 0.143 e. The molecule has 0 saturated carbocycles. The minimum Gasteiger partial charge on any atom is -0.495 e. The second-order valence-corrected chi connectivity index (χ2v) is 4.61. The molecule has 2 N–H and O–H groups in total. The van der Waals surface area contributed by atoms with Crippen molar-refractivity contribution in [1.29, 1.82) is 0 Å². The third kappa shape index (κ3) is 2.79. The molecule has 2 rings (SSSR count). The maximum absolute atomic E-state index is 5.35. The predicted molar refractivity (Wildman–Crippen MR) is 71.3 cm³/mol. The number of aromatic nitrogens is 2. The van der Waals surface area contributed by atoms with Gasteiger partial charge in [0.1, 0.15) is 11.6 Å². The lowest BCUT2D eigenvalue weighted by atomic mass is 10.2. The Kier molecular flexibility index (Phi) is 3.68. The van der Waals surface area contributed by atoms with E-state index in [0.29, 0.717) is 6.54 Å². The Morgan fingerprint density at radius 3 is 2.94 bits per heavy atom. The van der Waals surface area contributed by atoms with Crippen LogP contribution in [0, 0.1) is 6.92 Å². The number of methoxy groups -OCH3 is 1. The second kappa shape index (κ2) is 5.23. The van der Waals surface area contributed by atoms with Crippen molar-refractivity contribution in [3.63, 3.8) is 0 Å². The van der Waals surface area contributed by atoms with Crippen molar-refractivity contribution in [2.75, 3.05) is 12.4 Å². The zero-order valence-corrected chi connectivity index (χ0v) is 11.3. The number of hydrogen-bond acceptors (Lipinski definition) is 3. The summed E-state index contributed by atoms with van der Waals surface area (Å²) >= 11 is 3.45. The fraction of sp³-hybridized carbons (Fsp3) is 0.250. The molecule has 1 aromatic carbocycles. The summed E-state index contributed by atoms with van der Waals surface area (Å²) in [4.78, 5) is 7.22. The molecule has 0 fully saturated rings. The van der Waals surface area contributed by atoms with Crippen molar-refractivity contribution in [3.05, 3.63) is 40.4 Å². The van der Waals surface area contributed by atoms with E-state index in [-0.39, 0.29) is 0 Å². The van der Waals surface area contributed by atoms with E-state index in [2.05, 4.69) is 31.2 Å². The van der Waals surface area contributed by atoms with E-state index in [9.17, 15) is 0 Å². The molecule has 0 atom stereocenters. The fourth-order valence-corrected chi connectivity index (χ4v) is 2.22. The molecule has 0 radical (unpaired) electrons. The van der Waals surface area contributed by atoms with Crippen LogP contribution >= 0.6 is 15.9 Å². The summed E-state index contributed by atoms with van der Waals surface area (Å²) in [5, 5.41) is 3.32. The predicted octanol–water partition coefficient (Wildman–Crippen LogP) is 3.10. The smallest absolute Gasteiger partial charge is 0.143 e. The minimum atomic E-state index is 0.645. The Hall–Kier alpha value is -1.49. The van der Waals surface area contributed by atoms with Gasteiger partial charge in [-0.2, -0.15) is 0 Å². The number of aryl methyl sites for hydroxylation is 1. The van der Waals surface area contributed by atoms with Crippen LogP contribution < -0.4 is 10.1 Å². The van der Waals surface area contributed by atoms with Crippen LogP contribution in [0.1, 0.15) is 11.4 Å². The van der Waals surface area contributed by atoms with E-state index in [1.807, 2.05) is 25.3 Å². The topological polar surface area (TPSA) is 49.9 Å². The third-order valence-corrected chi connectivity index (χ3v) is 2.93. The SMILES string of the molecule is COc1cc(Br)cc(C)c1NCc1ncc[nH]1. The Morgan fingerprint density at radius 1 is 1.47 bits per heavy atom. The van der Waals surface area contributed by atoms with Gasteiger partial charge in [-0.25, -0.2) is 4.98 Å². The number of rotatable bonds is 4. The number of nitrogens with one attached hydrogen (secondary N) is 2. The van der Waals surface area contributed by atoms with E-state index in [0.717, 1.165) is 27.3 Å². The highest BCUT2D eigenvalue weighted by molar-refractivity contribution is 9.10. The van der Waals surface area contributed by atoms with Crippen LogP contribution in [0.2, 0.25) is 0 Å². The van der Waals surface area contributed by atoms with Crippen LogP contribution in [0.4, 0.5) is 5.69 Å². The molecule has 5 heteroatoms. The standard InChI is InChI=1S/C12H14BrN3O/c1-8-5-9(13)6-10(17-2)12(8)16-7-11-14-3-4-15-11/h3-6,16H,7H2,1-2H3,(H,14,15). The zero-order chi connectivity index (χ0) is 12.3. The summed E-state index contributed by atoms with van der Waals surface area (Å²) in [6.45, 7) is 2.68. The number of ether oxygens (including phenoxy) is 1. The molecule has 1 heterocycles.